The first-order valence-electron chi connectivity index (χ1n) is 6.05. The lowest BCUT2D eigenvalue weighted by atomic mass is 10.1. The van der Waals surface area contributed by atoms with E-state index in [0.717, 1.165) is 6.42 Å². The van der Waals surface area contributed by atoms with Crippen LogP contribution in [0, 0.1) is 0 Å². The molecule has 0 radical (unpaired) electrons. The number of hydrogen-bond donors (Lipinski definition) is 3. The van der Waals surface area contributed by atoms with E-state index in [1.165, 1.54) is 7.11 Å². The average molecular weight is 265 g/mol. The van der Waals surface area contributed by atoms with Gasteiger partial charge in [0.25, 0.3) is 0 Å². The van der Waals surface area contributed by atoms with E-state index in [9.17, 15) is 9.59 Å². The lowest BCUT2D eigenvalue weighted by molar-refractivity contribution is -0.116. The van der Waals surface area contributed by atoms with Crippen LogP contribution in [0.1, 0.15) is 19.8 Å². The topological polar surface area (TPSA) is 93.5 Å². The summed E-state index contributed by atoms with van der Waals surface area (Å²) in [7, 11) is 1.29. The molecule has 0 aromatic heterocycles. The number of nitrogens with two attached hydrogens (primary N) is 1. The molecule has 19 heavy (non-hydrogen) atoms. The van der Waals surface area contributed by atoms with E-state index in [2.05, 4.69) is 15.4 Å². The van der Waals surface area contributed by atoms with Crippen LogP contribution in [0.2, 0.25) is 0 Å². The highest BCUT2D eigenvalue weighted by molar-refractivity contribution is 5.91. The maximum Gasteiger partial charge on any atom is 0.411 e. The average Bonchev–Trinajstić information content (AvgIpc) is 2.40. The summed E-state index contributed by atoms with van der Waals surface area (Å²) in [5, 5.41) is 5.26. The van der Waals surface area contributed by atoms with Crippen molar-refractivity contribution in [2.75, 3.05) is 17.7 Å². The Morgan fingerprint density at radius 1 is 1.21 bits per heavy atom. The van der Waals surface area contributed by atoms with Gasteiger partial charge in [-0.1, -0.05) is 6.92 Å². The van der Waals surface area contributed by atoms with Crippen LogP contribution in [-0.2, 0) is 9.53 Å². The second-order valence-corrected chi connectivity index (χ2v) is 4.11. The summed E-state index contributed by atoms with van der Waals surface area (Å²) in [6, 6.07) is 6.61. The Hall–Kier alpha value is -2.08. The molecule has 104 valence electrons. The van der Waals surface area contributed by atoms with E-state index in [0.29, 0.717) is 17.8 Å². The normalized spacial score (nSPS) is 11.5. The molecule has 0 bridgehead atoms. The molecule has 4 N–H and O–H groups in total. The van der Waals surface area contributed by atoms with Gasteiger partial charge in [0.05, 0.1) is 7.11 Å². The van der Waals surface area contributed by atoms with Gasteiger partial charge in [-0.15, -0.1) is 0 Å². The standard InChI is InChI=1S/C13H19N3O3/c1-3-9(14)8-12(17)15-10-4-6-11(7-5-10)16-13(18)19-2/h4-7,9H,3,8,14H2,1-2H3,(H,15,17)(H,16,18). The number of carbonyl (C=O) groups excluding carboxylic acids is 2. The van der Waals surface area contributed by atoms with Crippen molar-refractivity contribution in [1.29, 1.82) is 0 Å². The summed E-state index contributed by atoms with van der Waals surface area (Å²) in [4.78, 5) is 22.6. The van der Waals surface area contributed by atoms with Crippen molar-refractivity contribution < 1.29 is 14.3 Å². The highest BCUT2D eigenvalue weighted by atomic mass is 16.5. The maximum atomic E-state index is 11.6. The van der Waals surface area contributed by atoms with E-state index in [1.807, 2.05) is 6.92 Å². The minimum atomic E-state index is -0.536. The van der Waals surface area contributed by atoms with Crippen molar-refractivity contribution in [3.05, 3.63) is 24.3 Å². The van der Waals surface area contributed by atoms with Crippen LogP contribution < -0.4 is 16.4 Å². The largest absolute Gasteiger partial charge is 0.453 e. The number of anilines is 2. The molecule has 0 saturated heterocycles. The monoisotopic (exact) mass is 265 g/mol. The quantitative estimate of drug-likeness (QED) is 0.758. The number of methoxy groups -OCH3 is 1. The minimum absolute atomic E-state index is 0.122. The van der Waals surface area contributed by atoms with E-state index in [4.69, 9.17) is 5.73 Å². The van der Waals surface area contributed by atoms with E-state index in [-0.39, 0.29) is 11.9 Å². The molecule has 6 heteroatoms. The van der Waals surface area contributed by atoms with Crippen molar-refractivity contribution in [3.8, 4) is 0 Å². The summed E-state index contributed by atoms with van der Waals surface area (Å²) >= 11 is 0. The van der Waals surface area contributed by atoms with Gasteiger partial charge >= 0.3 is 6.09 Å². The number of hydrogen-bond acceptors (Lipinski definition) is 4. The van der Waals surface area contributed by atoms with Gasteiger partial charge in [-0.2, -0.15) is 0 Å². The fourth-order valence-electron chi connectivity index (χ4n) is 1.40. The Labute approximate surface area is 112 Å². The zero-order valence-electron chi connectivity index (χ0n) is 11.1. The molecule has 6 nitrogen and oxygen atoms in total. The smallest absolute Gasteiger partial charge is 0.411 e. The van der Waals surface area contributed by atoms with Crippen LogP contribution >= 0.6 is 0 Å². The Bertz CT molecular complexity index is 431. The molecule has 1 rings (SSSR count). The van der Waals surface area contributed by atoms with Gasteiger partial charge < -0.3 is 15.8 Å². The molecule has 0 spiro atoms. The Morgan fingerprint density at radius 2 is 1.74 bits per heavy atom. The van der Waals surface area contributed by atoms with Crippen LogP contribution in [0.25, 0.3) is 0 Å². The first kappa shape index (κ1) is 15.0. The van der Waals surface area contributed by atoms with Gasteiger partial charge in [0.1, 0.15) is 0 Å². The van der Waals surface area contributed by atoms with E-state index < -0.39 is 6.09 Å². The van der Waals surface area contributed by atoms with Crippen LogP contribution in [-0.4, -0.2) is 25.2 Å². The molecule has 0 heterocycles. The van der Waals surface area contributed by atoms with Crippen LogP contribution in [0.5, 0.6) is 0 Å². The second kappa shape index (κ2) is 7.38. The molecule has 1 aromatic rings. The molecular formula is C13H19N3O3. The van der Waals surface area contributed by atoms with Crippen molar-refractivity contribution in [1.82, 2.24) is 0 Å². The highest BCUT2D eigenvalue weighted by Gasteiger charge is 2.08. The molecule has 1 atom stereocenters. The third kappa shape index (κ3) is 5.39. The predicted octanol–water partition coefficient (Wildman–Crippen LogP) is 1.93. The predicted molar refractivity (Wildman–Crippen MR) is 74.0 cm³/mol. The number of nitrogens with one attached hydrogen (secondary N) is 2. The van der Waals surface area contributed by atoms with Crippen molar-refractivity contribution in [2.24, 2.45) is 5.73 Å². The molecule has 1 aromatic carbocycles. The summed E-state index contributed by atoms with van der Waals surface area (Å²) < 4.78 is 4.47. The Kier molecular flexibility index (Phi) is 5.81. The van der Waals surface area contributed by atoms with Crippen LogP contribution in [0.15, 0.2) is 24.3 Å². The summed E-state index contributed by atoms with van der Waals surface area (Å²) in [6.45, 7) is 1.94. The number of ether oxygens (including phenoxy) is 1. The summed E-state index contributed by atoms with van der Waals surface area (Å²) in [5.74, 6) is -0.122. The number of benzene rings is 1. The summed E-state index contributed by atoms with van der Waals surface area (Å²) in [6.07, 6.45) is 0.513. The van der Waals surface area contributed by atoms with Crippen molar-refractivity contribution in [3.63, 3.8) is 0 Å². The van der Waals surface area contributed by atoms with Crippen LogP contribution in [0.3, 0.4) is 0 Å². The van der Waals surface area contributed by atoms with E-state index in [1.54, 1.807) is 24.3 Å². The second-order valence-electron chi connectivity index (χ2n) is 4.11. The van der Waals surface area contributed by atoms with Gasteiger partial charge in [0, 0.05) is 23.8 Å². The lowest BCUT2D eigenvalue weighted by Gasteiger charge is -2.10. The SMILES string of the molecule is CCC(N)CC(=O)Nc1ccc(NC(=O)OC)cc1. The minimum Gasteiger partial charge on any atom is -0.453 e. The first-order valence-corrected chi connectivity index (χ1v) is 6.05. The first-order chi connectivity index (χ1) is 9.05. The fraction of sp³-hybridized carbons (Fsp3) is 0.385. The maximum absolute atomic E-state index is 11.6. The van der Waals surface area contributed by atoms with E-state index >= 15 is 0 Å². The molecule has 0 aliphatic carbocycles. The zero-order valence-corrected chi connectivity index (χ0v) is 11.1. The molecule has 0 saturated carbocycles. The third-order valence-corrected chi connectivity index (χ3v) is 2.57. The van der Waals surface area contributed by atoms with Gasteiger partial charge in [-0.3, -0.25) is 10.1 Å². The molecule has 1 unspecified atom stereocenters. The summed E-state index contributed by atoms with van der Waals surface area (Å²) in [5.41, 5.74) is 6.95. The molecule has 0 aliphatic rings. The molecule has 0 fully saturated rings. The molecule has 0 aliphatic heterocycles. The molecule has 2 amide bonds. The van der Waals surface area contributed by atoms with Crippen LogP contribution in [0.4, 0.5) is 16.2 Å². The van der Waals surface area contributed by atoms with Gasteiger partial charge in [0.15, 0.2) is 0 Å². The number of rotatable bonds is 5. The highest BCUT2D eigenvalue weighted by Crippen LogP contribution is 2.14. The zero-order chi connectivity index (χ0) is 14.3. The van der Waals surface area contributed by atoms with Gasteiger partial charge in [0.2, 0.25) is 5.91 Å². The third-order valence-electron chi connectivity index (χ3n) is 2.57. The number of amides is 2. The fourth-order valence-corrected chi connectivity index (χ4v) is 1.40. The number of carbonyl (C=O) groups is 2. The van der Waals surface area contributed by atoms with Crippen molar-refractivity contribution in [2.45, 2.75) is 25.8 Å². The van der Waals surface area contributed by atoms with Gasteiger partial charge in [-0.05, 0) is 30.7 Å². The Balaban J connectivity index is 2.52. The van der Waals surface area contributed by atoms with Gasteiger partial charge in [-0.25, -0.2) is 4.79 Å². The Morgan fingerprint density at radius 3 is 2.21 bits per heavy atom. The lowest BCUT2D eigenvalue weighted by Crippen LogP contribution is -2.26. The molecular weight excluding hydrogens is 246 g/mol. The van der Waals surface area contributed by atoms with Crippen molar-refractivity contribution >= 4 is 23.4 Å².